The van der Waals surface area contributed by atoms with Gasteiger partial charge in [-0.1, -0.05) is 343 Å². The van der Waals surface area contributed by atoms with Crippen LogP contribution in [0.2, 0.25) is 0 Å². The Morgan fingerprint density at radius 2 is 0.537 bits per heavy atom. The summed E-state index contributed by atoms with van der Waals surface area (Å²) in [5, 5.41) is 10.6. The molecule has 95 heavy (non-hydrogen) atoms. The number of esters is 4. The number of phosphoric ester groups is 2. The van der Waals surface area contributed by atoms with Crippen molar-refractivity contribution < 1.29 is 80.2 Å². The molecule has 0 aromatic carbocycles. The van der Waals surface area contributed by atoms with E-state index in [0.717, 1.165) is 102 Å². The van der Waals surface area contributed by atoms with Crippen molar-refractivity contribution in [3.05, 3.63) is 0 Å². The zero-order valence-corrected chi connectivity index (χ0v) is 63.8. The van der Waals surface area contributed by atoms with Gasteiger partial charge in [-0.2, -0.15) is 0 Å². The van der Waals surface area contributed by atoms with Crippen LogP contribution in [0.4, 0.5) is 0 Å². The maximum Gasteiger partial charge on any atom is 0.472 e. The van der Waals surface area contributed by atoms with Crippen LogP contribution in [-0.4, -0.2) is 96.7 Å². The molecule has 3 unspecified atom stereocenters. The van der Waals surface area contributed by atoms with Crippen LogP contribution in [0.1, 0.15) is 395 Å². The third-order valence-corrected chi connectivity index (χ3v) is 20.0. The highest BCUT2D eigenvalue weighted by Crippen LogP contribution is 2.45. The third kappa shape index (κ3) is 69.0. The van der Waals surface area contributed by atoms with Gasteiger partial charge < -0.3 is 33.8 Å². The van der Waals surface area contributed by atoms with Gasteiger partial charge in [-0.15, -0.1) is 0 Å². The molecule has 0 aromatic heterocycles. The monoisotopic (exact) mass is 1400 g/mol. The highest BCUT2D eigenvalue weighted by atomic mass is 31.2. The molecule has 0 rings (SSSR count). The Hall–Kier alpha value is -1.94. The summed E-state index contributed by atoms with van der Waals surface area (Å²) in [6.45, 7) is 9.62. The summed E-state index contributed by atoms with van der Waals surface area (Å²) in [6.07, 6.45) is 55.4. The lowest BCUT2D eigenvalue weighted by molar-refractivity contribution is -0.161. The van der Waals surface area contributed by atoms with Crippen molar-refractivity contribution in [2.24, 2.45) is 11.8 Å². The first-order valence-electron chi connectivity index (χ1n) is 39.5. The Morgan fingerprint density at radius 1 is 0.305 bits per heavy atom. The highest BCUT2D eigenvalue weighted by molar-refractivity contribution is 7.47. The molecule has 0 heterocycles. The lowest BCUT2D eigenvalue weighted by atomic mass is 9.99. The van der Waals surface area contributed by atoms with Crippen molar-refractivity contribution in [2.45, 2.75) is 413 Å². The largest absolute Gasteiger partial charge is 0.472 e. The molecule has 0 radical (unpaired) electrons. The van der Waals surface area contributed by atoms with Crippen molar-refractivity contribution in [3.63, 3.8) is 0 Å². The molecule has 0 aliphatic heterocycles. The Bertz CT molecular complexity index is 1840. The average molecular weight is 1400 g/mol. The molecule has 0 aliphatic carbocycles. The van der Waals surface area contributed by atoms with E-state index in [1.807, 2.05) is 0 Å². The SMILES string of the molecule is CCCCCCCCCCCCCCCCCC(=O)OC[C@H](COP(=O)(O)OC[C@@H](O)COP(=O)(O)OC[C@@H](COC(=O)CCCCCCCCCCCC)OC(=O)CCCCCCCCCCC(C)CC)OC(=O)CCCCCCCCCCCCCCCCCC(C)C. The van der Waals surface area contributed by atoms with E-state index in [4.69, 9.17) is 37.0 Å². The Balaban J connectivity index is 5.24. The number of rotatable bonds is 75. The van der Waals surface area contributed by atoms with Crippen molar-refractivity contribution in [1.29, 1.82) is 0 Å². The first kappa shape index (κ1) is 93.1. The molecule has 0 aromatic rings. The van der Waals surface area contributed by atoms with Crippen LogP contribution in [-0.2, 0) is 65.4 Å². The van der Waals surface area contributed by atoms with Crippen molar-refractivity contribution in [2.75, 3.05) is 39.6 Å². The van der Waals surface area contributed by atoms with Crippen molar-refractivity contribution >= 4 is 39.5 Å². The number of hydrogen-bond acceptors (Lipinski definition) is 15. The fourth-order valence-corrected chi connectivity index (χ4v) is 13.2. The molecule has 0 fully saturated rings. The predicted octanol–water partition coefficient (Wildman–Crippen LogP) is 22.3. The molecule has 19 heteroatoms. The minimum atomic E-state index is -4.96. The van der Waals surface area contributed by atoms with Gasteiger partial charge in [0.05, 0.1) is 26.4 Å². The zero-order chi connectivity index (χ0) is 70.0. The molecule has 0 spiro atoms. The van der Waals surface area contributed by atoms with E-state index in [-0.39, 0.29) is 25.7 Å². The second-order valence-electron chi connectivity index (χ2n) is 28.1. The number of unbranched alkanes of at least 4 members (excludes halogenated alkanes) is 44. The van der Waals surface area contributed by atoms with Crippen LogP contribution < -0.4 is 0 Å². The zero-order valence-electron chi connectivity index (χ0n) is 62.0. The first-order chi connectivity index (χ1) is 45.9. The molecule has 0 saturated carbocycles. The number of aliphatic hydroxyl groups excluding tert-OH is 1. The normalized spacial score (nSPS) is 14.3. The Kier molecular flexibility index (Phi) is 66.5. The lowest BCUT2D eigenvalue weighted by Gasteiger charge is -2.21. The maximum atomic E-state index is 13.1. The topological polar surface area (TPSA) is 237 Å². The first-order valence-corrected chi connectivity index (χ1v) is 42.5. The van der Waals surface area contributed by atoms with Crippen LogP contribution >= 0.6 is 15.6 Å². The molecule has 3 N–H and O–H groups in total. The summed E-state index contributed by atoms with van der Waals surface area (Å²) >= 11 is 0. The third-order valence-electron chi connectivity index (χ3n) is 18.1. The summed E-state index contributed by atoms with van der Waals surface area (Å²) in [5.41, 5.74) is 0. The fraction of sp³-hybridized carbons (Fsp3) is 0.947. The molecule has 6 atom stereocenters. The van der Waals surface area contributed by atoms with Gasteiger partial charge >= 0.3 is 39.5 Å². The number of hydrogen-bond donors (Lipinski definition) is 3. The number of phosphoric acid groups is 2. The number of ether oxygens (including phenoxy) is 4. The number of aliphatic hydroxyl groups is 1. The van der Waals surface area contributed by atoms with E-state index in [1.54, 1.807) is 0 Å². The van der Waals surface area contributed by atoms with Gasteiger partial charge in [0.2, 0.25) is 0 Å². The summed E-state index contributed by atoms with van der Waals surface area (Å²) in [6, 6.07) is 0. The van der Waals surface area contributed by atoms with Crippen LogP contribution in [0.25, 0.3) is 0 Å². The second kappa shape index (κ2) is 67.9. The molecule has 0 bridgehead atoms. The van der Waals surface area contributed by atoms with Gasteiger partial charge in [-0.3, -0.25) is 37.3 Å². The Morgan fingerprint density at radius 3 is 0.800 bits per heavy atom. The van der Waals surface area contributed by atoms with Crippen LogP contribution in [0.5, 0.6) is 0 Å². The van der Waals surface area contributed by atoms with Gasteiger partial charge in [0, 0.05) is 25.7 Å². The van der Waals surface area contributed by atoms with E-state index in [9.17, 15) is 43.2 Å². The second-order valence-corrected chi connectivity index (χ2v) is 31.0. The minimum absolute atomic E-state index is 0.105. The summed E-state index contributed by atoms with van der Waals surface area (Å²) in [7, 11) is -9.91. The van der Waals surface area contributed by atoms with Gasteiger partial charge in [-0.25, -0.2) is 9.13 Å². The quantitative estimate of drug-likeness (QED) is 0.0222. The molecule has 564 valence electrons. The van der Waals surface area contributed by atoms with Crippen molar-refractivity contribution in [3.8, 4) is 0 Å². The van der Waals surface area contributed by atoms with Crippen LogP contribution in [0, 0.1) is 11.8 Å². The van der Waals surface area contributed by atoms with Crippen molar-refractivity contribution in [1.82, 2.24) is 0 Å². The summed E-state index contributed by atoms with van der Waals surface area (Å²) in [4.78, 5) is 72.8. The van der Waals surface area contributed by atoms with Gasteiger partial charge in [0.1, 0.15) is 19.3 Å². The predicted molar refractivity (Wildman–Crippen MR) is 386 cm³/mol. The standard InChI is InChI=1S/C76H148O17P2/c1-7-10-12-14-16-18-20-21-23-27-30-34-41-47-53-59-74(79)87-64-71(92-75(80)60-54-48-42-35-31-28-25-22-24-26-29-32-38-44-50-56-68(4)5)66-90-94(82,83)88-62-70(77)63-89-95(84,85)91-67-72(65-86-73(78)58-52-46-40-33-19-17-15-13-11-8-2)93-76(81)61-55-49-43-37-36-39-45-51-57-69(6)9-3/h68-72,77H,7-67H2,1-6H3,(H,82,83)(H,84,85)/t69?,70-,71-,72-/m1/s1. The lowest BCUT2D eigenvalue weighted by Crippen LogP contribution is -2.30. The van der Waals surface area contributed by atoms with E-state index < -0.39 is 97.5 Å². The highest BCUT2D eigenvalue weighted by Gasteiger charge is 2.30. The molecule has 0 aliphatic rings. The van der Waals surface area contributed by atoms with Crippen LogP contribution in [0.3, 0.4) is 0 Å². The Labute approximate surface area is 581 Å². The molecule has 0 saturated heterocycles. The smallest absolute Gasteiger partial charge is 0.462 e. The molecule has 0 amide bonds. The van der Waals surface area contributed by atoms with E-state index in [1.165, 1.54) is 212 Å². The molecular formula is C76H148O17P2. The van der Waals surface area contributed by atoms with Gasteiger partial charge in [-0.05, 0) is 37.5 Å². The summed E-state index contributed by atoms with van der Waals surface area (Å²) < 4.78 is 68.5. The minimum Gasteiger partial charge on any atom is -0.462 e. The number of carbonyl (C=O) groups is 4. The summed E-state index contributed by atoms with van der Waals surface area (Å²) in [5.74, 6) is -0.543. The van der Waals surface area contributed by atoms with Gasteiger partial charge in [0.25, 0.3) is 0 Å². The van der Waals surface area contributed by atoms with E-state index >= 15 is 0 Å². The van der Waals surface area contributed by atoms with Crippen LogP contribution in [0.15, 0.2) is 0 Å². The maximum absolute atomic E-state index is 13.1. The van der Waals surface area contributed by atoms with Gasteiger partial charge in [0.15, 0.2) is 12.2 Å². The fourth-order valence-electron chi connectivity index (χ4n) is 11.6. The molecule has 17 nitrogen and oxygen atoms in total. The molecular weight excluding hydrogens is 1250 g/mol. The van der Waals surface area contributed by atoms with E-state index in [2.05, 4.69) is 41.5 Å². The number of carbonyl (C=O) groups excluding carboxylic acids is 4. The average Bonchev–Trinajstić information content (AvgIpc) is 1.40. The van der Waals surface area contributed by atoms with E-state index in [0.29, 0.717) is 25.7 Å².